The lowest BCUT2D eigenvalue weighted by Crippen LogP contribution is -2.39. The summed E-state index contributed by atoms with van der Waals surface area (Å²) in [6.45, 7) is 5.38. The van der Waals surface area contributed by atoms with Crippen LogP contribution in [-0.2, 0) is 9.53 Å². The molecule has 1 aromatic heterocycles. The van der Waals surface area contributed by atoms with Crippen molar-refractivity contribution in [3.63, 3.8) is 0 Å². The first kappa shape index (κ1) is 13.0. The summed E-state index contributed by atoms with van der Waals surface area (Å²) in [5.74, 6) is -0.0239. The second-order valence-electron chi connectivity index (χ2n) is 3.65. The number of hydrogen-bond acceptors (Lipinski definition) is 4. The Labute approximate surface area is 103 Å². The van der Waals surface area contributed by atoms with Crippen molar-refractivity contribution in [2.45, 2.75) is 26.4 Å². The highest BCUT2D eigenvalue weighted by molar-refractivity contribution is 9.10. The van der Waals surface area contributed by atoms with Crippen LogP contribution in [0.5, 0.6) is 5.88 Å². The van der Waals surface area contributed by atoms with E-state index in [0.717, 1.165) is 4.47 Å². The summed E-state index contributed by atoms with van der Waals surface area (Å²) in [5.41, 5.74) is -1.04. The van der Waals surface area contributed by atoms with Gasteiger partial charge >= 0.3 is 5.97 Å². The van der Waals surface area contributed by atoms with Crippen LogP contribution >= 0.6 is 15.9 Å². The van der Waals surface area contributed by atoms with E-state index in [-0.39, 0.29) is 0 Å². The second-order valence-corrected chi connectivity index (χ2v) is 4.56. The van der Waals surface area contributed by atoms with Gasteiger partial charge in [-0.3, -0.25) is 0 Å². The van der Waals surface area contributed by atoms with Crippen LogP contribution < -0.4 is 4.74 Å². The third-order valence-corrected chi connectivity index (χ3v) is 2.32. The number of carbonyl (C=O) groups excluding carboxylic acids is 1. The normalized spacial score (nSPS) is 11.0. The molecule has 0 radical (unpaired) electrons. The van der Waals surface area contributed by atoms with Gasteiger partial charge in [0.25, 0.3) is 0 Å². The van der Waals surface area contributed by atoms with Crippen LogP contribution in [-0.4, -0.2) is 23.2 Å². The average molecular weight is 288 g/mol. The Balaban J connectivity index is 2.75. The van der Waals surface area contributed by atoms with Gasteiger partial charge in [0.15, 0.2) is 0 Å². The van der Waals surface area contributed by atoms with E-state index >= 15 is 0 Å². The molecule has 0 aliphatic heterocycles. The van der Waals surface area contributed by atoms with Gasteiger partial charge in [-0.15, -0.1) is 0 Å². The van der Waals surface area contributed by atoms with E-state index in [1.807, 2.05) is 0 Å². The van der Waals surface area contributed by atoms with Gasteiger partial charge < -0.3 is 9.47 Å². The summed E-state index contributed by atoms with van der Waals surface area (Å²) in [5, 5.41) is 0. The summed E-state index contributed by atoms with van der Waals surface area (Å²) in [6.07, 6.45) is 1.60. The van der Waals surface area contributed by atoms with Crippen molar-refractivity contribution in [3.8, 4) is 5.88 Å². The molecule has 1 aromatic rings. The van der Waals surface area contributed by atoms with Crippen molar-refractivity contribution in [1.82, 2.24) is 4.98 Å². The Kier molecular flexibility index (Phi) is 4.29. The third-order valence-electron chi connectivity index (χ3n) is 1.82. The molecule has 0 aliphatic carbocycles. The predicted octanol–water partition coefficient (Wildman–Crippen LogP) is 2.56. The quantitative estimate of drug-likeness (QED) is 0.799. The lowest BCUT2D eigenvalue weighted by molar-refractivity contribution is -0.158. The molecule has 0 spiro atoms. The molecule has 4 nitrogen and oxygen atoms in total. The molecule has 0 bridgehead atoms. The Bertz CT molecular complexity index is 379. The number of halogens is 1. The van der Waals surface area contributed by atoms with E-state index in [4.69, 9.17) is 9.47 Å². The Morgan fingerprint density at radius 2 is 2.25 bits per heavy atom. The minimum absolute atomic E-state index is 0.331. The zero-order valence-electron chi connectivity index (χ0n) is 9.49. The highest BCUT2D eigenvalue weighted by Gasteiger charge is 2.32. The number of pyridine rings is 1. The third kappa shape index (κ3) is 3.48. The Morgan fingerprint density at radius 3 is 2.81 bits per heavy atom. The van der Waals surface area contributed by atoms with Crippen LogP contribution in [0.15, 0.2) is 22.8 Å². The monoisotopic (exact) mass is 287 g/mol. The van der Waals surface area contributed by atoms with Crippen LogP contribution in [0.3, 0.4) is 0 Å². The van der Waals surface area contributed by atoms with Crippen LogP contribution in [0, 0.1) is 0 Å². The summed E-state index contributed by atoms with van der Waals surface area (Å²) in [7, 11) is 0. The van der Waals surface area contributed by atoms with E-state index in [0.29, 0.717) is 12.5 Å². The predicted molar refractivity (Wildman–Crippen MR) is 63.3 cm³/mol. The number of aromatic nitrogens is 1. The Morgan fingerprint density at radius 1 is 1.56 bits per heavy atom. The van der Waals surface area contributed by atoms with E-state index < -0.39 is 11.6 Å². The maximum absolute atomic E-state index is 11.6. The van der Waals surface area contributed by atoms with E-state index in [1.54, 1.807) is 39.1 Å². The molecule has 0 saturated heterocycles. The van der Waals surface area contributed by atoms with E-state index in [1.165, 1.54) is 0 Å². The molecule has 0 atom stereocenters. The lowest BCUT2D eigenvalue weighted by atomic mass is 10.1. The minimum Gasteiger partial charge on any atom is -0.463 e. The molecule has 0 unspecified atom stereocenters. The molecular weight excluding hydrogens is 274 g/mol. The zero-order chi connectivity index (χ0) is 12.2. The fourth-order valence-corrected chi connectivity index (χ4v) is 1.36. The van der Waals surface area contributed by atoms with Gasteiger partial charge in [-0.25, -0.2) is 9.78 Å². The largest absolute Gasteiger partial charge is 0.463 e. The van der Waals surface area contributed by atoms with E-state index in [9.17, 15) is 4.79 Å². The fourth-order valence-electron chi connectivity index (χ4n) is 1.05. The van der Waals surface area contributed by atoms with Crippen LogP contribution in [0.1, 0.15) is 20.8 Å². The zero-order valence-corrected chi connectivity index (χ0v) is 11.1. The SMILES string of the molecule is CCOC(=O)C(C)(C)Oc1cc(Br)ccn1. The molecule has 16 heavy (non-hydrogen) atoms. The highest BCUT2D eigenvalue weighted by Crippen LogP contribution is 2.20. The molecule has 1 heterocycles. The maximum Gasteiger partial charge on any atom is 0.349 e. The van der Waals surface area contributed by atoms with Crippen molar-refractivity contribution in [1.29, 1.82) is 0 Å². The average Bonchev–Trinajstić information content (AvgIpc) is 2.17. The van der Waals surface area contributed by atoms with Crippen molar-refractivity contribution >= 4 is 21.9 Å². The molecule has 5 heteroatoms. The first-order chi connectivity index (χ1) is 7.45. The molecule has 88 valence electrons. The van der Waals surface area contributed by atoms with Gasteiger partial charge in [-0.2, -0.15) is 0 Å². The maximum atomic E-state index is 11.6. The number of nitrogens with zero attached hydrogens (tertiary/aromatic N) is 1. The van der Waals surface area contributed by atoms with Gasteiger partial charge in [-0.1, -0.05) is 15.9 Å². The van der Waals surface area contributed by atoms with Gasteiger partial charge in [-0.05, 0) is 26.8 Å². The van der Waals surface area contributed by atoms with Crippen molar-refractivity contribution in [3.05, 3.63) is 22.8 Å². The van der Waals surface area contributed by atoms with Crippen LogP contribution in [0.25, 0.3) is 0 Å². The van der Waals surface area contributed by atoms with Gasteiger partial charge in [0, 0.05) is 16.7 Å². The minimum atomic E-state index is -1.04. The van der Waals surface area contributed by atoms with Crippen LogP contribution in [0.2, 0.25) is 0 Å². The summed E-state index contributed by atoms with van der Waals surface area (Å²) in [4.78, 5) is 15.6. The van der Waals surface area contributed by atoms with Gasteiger partial charge in [0.05, 0.1) is 6.61 Å². The number of ether oxygens (including phenoxy) is 2. The molecular formula is C11H14BrNO3. The number of esters is 1. The van der Waals surface area contributed by atoms with Gasteiger partial charge in [0.1, 0.15) is 0 Å². The highest BCUT2D eigenvalue weighted by atomic mass is 79.9. The van der Waals surface area contributed by atoms with E-state index in [2.05, 4.69) is 20.9 Å². The standard InChI is InChI=1S/C11H14BrNO3/c1-4-15-10(14)11(2,3)16-9-7-8(12)5-6-13-9/h5-7H,4H2,1-3H3. The molecule has 0 aliphatic rings. The molecule has 0 amide bonds. The van der Waals surface area contributed by atoms with Crippen molar-refractivity contribution in [2.24, 2.45) is 0 Å². The number of rotatable bonds is 4. The lowest BCUT2D eigenvalue weighted by Gasteiger charge is -2.23. The number of carbonyl (C=O) groups is 1. The number of hydrogen-bond donors (Lipinski definition) is 0. The van der Waals surface area contributed by atoms with Crippen molar-refractivity contribution in [2.75, 3.05) is 6.61 Å². The molecule has 0 fully saturated rings. The molecule has 0 saturated carbocycles. The van der Waals surface area contributed by atoms with Gasteiger partial charge in [0.2, 0.25) is 11.5 Å². The second kappa shape index (κ2) is 5.30. The topological polar surface area (TPSA) is 48.4 Å². The summed E-state index contributed by atoms with van der Waals surface area (Å²) >= 11 is 3.30. The molecule has 0 aromatic carbocycles. The first-order valence-corrected chi connectivity index (χ1v) is 5.73. The molecule has 0 N–H and O–H groups in total. The van der Waals surface area contributed by atoms with Crippen molar-refractivity contribution < 1.29 is 14.3 Å². The smallest absolute Gasteiger partial charge is 0.349 e. The summed E-state index contributed by atoms with van der Waals surface area (Å²) < 4.78 is 11.2. The molecule has 1 rings (SSSR count). The first-order valence-electron chi connectivity index (χ1n) is 4.93. The van der Waals surface area contributed by atoms with Crippen LogP contribution in [0.4, 0.5) is 0 Å². The fraction of sp³-hybridized carbons (Fsp3) is 0.455. The summed E-state index contributed by atoms with van der Waals surface area (Å²) in [6, 6.07) is 3.48. The Hall–Kier alpha value is -1.10.